The molecular formula is C6H13NS. The summed E-state index contributed by atoms with van der Waals surface area (Å²) in [6.07, 6.45) is 5.15. The molecule has 0 bridgehead atoms. The minimum absolute atomic E-state index is 0.897. The molecule has 0 aromatic carbocycles. The fourth-order valence-electron chi connectivity index (χ4n) is 0.349. The molecule has 0 heterocycles. The molecule has 1 nitrogen and oxygen atoms in total. The zero-order valence-electron chi connectivity index (χ0n) is 5.22. The van der Waals surface area contributed by atoms with Crippen LogP contribution in [0.2, 0.25) is 0 Å². The maximum absolute atomic E-state index is 4.03. The van der Waals surface area contributed by atoms with Crippen molar-refractivity contribution >= 4 is 12.6 Å². The molecule has 0 aromatic heterocycles. The van der Waals surface area contributed by atoms with Gasteiger partial charge in [-0.3, -0.25) is 0 Å². The zero-order chi connectivity index (χ0) is 6.24. The second-order valence-corrected chi connectivity index (χ2v) is 1.94. The number of rotatable bonds is 4. The van der Waals surface area contributed by atoms with Crippen molar-refractivity contribution in [3.05, 3.63) is 12.3 Å². The highest BCUT2D eigenvalue weighted by Crippen LogP contribution is 1.75. The Morgan fingerprint density at radius 3 is 2.88 bits per heavy atom. The Morgan fingerprint density at radius 2 is 2.38 bits per heavy atom. The van der Waals surface area contributed by atoms with Crippen LogP contribution in [0.25, 0.3) is 0 Å². The predicted molar refractivity (Wildman–Crippen MR) is 41.3 cm³/mol. The first-order valence-corrected chi connectivity index (χ1v) is 3.54. The molecule has 8 heavy (non-hydrogen) atoms. The van der Waals surface area contributed by atoms with Crippen molar-refractivity contribution in [1.29, 1.82) is 0 Å². The standard InChI is InChI=1S/C6H13NS/c1-2-3-4-7-5-6-8/h3-4,7-8H,2,5-6H2,1H3/b4-3-. The van der Waals surface area contributed by atoms with Gasteiger partial charge < -0.3 is 5.32 Å². The van der Waals surface area contributed by atoms with Crippen LogP contribution in [0.4, 0.5) is 0 Å². The molecule has 2 heteroatoms. The number of allylic oxidation sites excluding steroid dienone is 1. The number of thiol groups is 1. The van der Waals surface area contributed by atoms with Gasteiger partial charge in [-0.2, -0.15) is 12.6 Å². The van der Waals surface area contributed by atoms with Gasteiger partial charge in [-0.1, -0.05) is 13.0 Å². The van der Waals surface area contributed by atoms with Gasteiger partial charge in [-0.25, -0.2) is 0 Å². The van der Waals surface area contributed by atoms with Crippen molar-refractivity contribution in [3.8, 4) is 0 Å². The number of hydrogen-bond donors (Lipinski definition) is 2. The van der Waals surface area contributed by atoms with Gasteiger partial charge in [0.25, 0.3) is 0 Å². The van der Waals surface area contributed by atoms with Crippen LogP contribution in [0.1, 0.15) is 13.3 Å². The Bertz CT molecular complexity index is 61.5. The van der Waals surface area contributed by atoms with E-state index in [9.17, 15) is 0 Å². The quantitative estimate of drug-likeness (QED) is 0.434. The van der Waals surface area contributed by atoms with Crippen molar-refractivity contribution in [2.45, 2.75) is 13.3 Å². The van der Waals surface area contributed by atoms with E-state index in [1.807, 2.05) is 6.20 Å². The first kappa shape index (κ1) is 7.89. The van der Waals surface area contributed by atoms with Gasteiger partial charge in [-0.15, -0.1) is 0 Å². The molecule has 0 unspecified atom stereocenters. The van der Waals surface area contributed by atoms with E-state index >= 15 is 0 Å². The lowest BCUT2D eigenvalue weighted by Gasteiger charge is -1.91. The van der Waals surface area contributed by atoms with Crippen molar-refractivity contribution in [2.75, 3.05) is 12.3 Å². The second kappa shape index (κ2) is 6.89. The van der Waals surface area contributed by atoms with Crippen LogP contribution in [0.5, 0.6) is 0 Å². The van der Waals surface area contributed by atoms with E-state index in [0.29, 0.717) is 0 Å². The summed E-state index contributed by atoms with van der Waals surface area (Å²) in [7, 11) is 0. The molecule has 0 radical (unpaired) electrons. The fraction of sp³-hybridized carbons (Fsp3) is 0.667. The molecular weight excluding hydrogens is 118 g/mol. The number of nitrogens with one attached hydrogen (secondary N) is 1. The van der Waals surface area contributed by atoms with E-state index in [1.165, 1.54) is 0 Å². The molecule has 0 saturated heterocycles. The normalized spacial score (nSPS) is 10.2. The third-order valence-corrected chi connectivity index (χ3v) is 0.951. The minimum Gasteiger partial charge on any atom is -0.390 e. The van der Waals surface area contributed by atoms with Crippen LogP contribution in [0.3, 0.4) is 0 Å². The molecule has 0 aromatic rings. The van der Waals surface area contributed by atoms with Crippen molar-refractivity contribution < 1.29 is 0 Å². The van der Waals surface area contributed by atoms with Crippen LogP contribution in [0, 0.1) is 0 Å². The summed E-state index contributed by atoms with van der Waals surface area (Å²) in [5.41, 5.74) is 0. The van der Waals surface area contributed by atoms with Gasteiger partial charge in [0, 0.05) is 12.3 Å². The molecule has 0 saturated carbocycles. The molecule has 0 fully saturated rings. The highest BCUT2D eigenvalue weighted by atomic mass is 32.1. The predicted octanol–water partition coefficient (Wildman–Crippen LogP) is 1.43. The summed E-state index contributed by atoms with van der Waals surface area (Å²) >= 11 is 4.03. The molecule has 0 aliphatic carbocycles. The Labute approximate surface area is 56.6 Å². The smallest absolute Gasteiger partial charge is 0.0229 e. The highest BCUT2D eigenvalue weighted by Gasteiger charge is 1.70. The average molecular weight is 131 g/mol. The summed E-state index contributed by atoms with van der Waals surface area (Å²) < 4.78 is 0. The van der Waals surface area contributed by atoms with Crippen LogP contribution >= 0.6 is 12.6 Å². The lowest BCUT2D eigenvalue weighted by molar-refractivity contribution is 0.923. The first-order valence-electron chi connectivity index (χ1n) is 2.91. The fourth-order valence-corrected chi connectivity index (χ4v) is 0.478. The molecule has 0 amide bonds. The van der Waals surface area contributed by atoms with Crippen LogP contribution in [-0.2, 0) is 0 Å². The summed E-state index contributed by atoms with van der Waals surface area (Å²) in [5, 5.41) is 3.08. The van der Waals surface area contributed by atoms with Crippen LogP contribution < -0.4 is 5.32 Å². The minimum atomic E-state index is 0.897. The summed E-state index contributed by atoms with van der Waals surface area (Å²) in [5.74, 6) is 0.897. The molecule has 0 spiro atoms. The van der Waals surface area contributed by atoms with Gasteiger partial charge >= 0.3 is 0 Å². The first-order chi connectivity index (χ1) is 3.91. The molecule has 0 aliphatic rings. The molecule has 0 aliphatic heterocycles. The molecule has 0 atom stereocenters. The topological polar surface area (TPSA) is 12.0 Å². The third-order valence-electron chi connectivity index (χ3n) is 0.728. The summed E-state index contributed by atoms with van der Waals surface area (Å²) in [6, 6.07) is 0. The Morgan fingerprint density at radius 1 is 1.62 bits per heavy atom. The maximum atomic E-state index is 4.03. The van der Waals surface area contributed by atoms with Crippen LogP contribution in [-0.4, -0.2) is 12.3 Å². The summed E-state index contributed by atoms with van der Waals surface area (Å²) in [4.78, 5) is 0. The monoisotopic (exact) mass is 131 g/mol. The summed E-state index contributed by atoms with van der Waals surface area (Å²) in [6.45, 7) is 3.07. The second-order valence-electron chi connectivity index (χ2n) is 1.49. The van der Waals surface area contributed by atoms with Gasteiger partial charge in [0.1, 0.15) is 0 Å². The van der Waals surface area contributed by atoms with Gasteiger partial charge in [0.05, 0.1) is 0 Å². The Hall–Kier alpha value is -0.110. The van der Waals surface area contributed by atoms with E-state index < -0.39 is 0 Å². The lowest BCUT2D eigenvalue weighted by Crippen LogP contribution is -2.07. The van der Waals surface area contributed by atoms with Gasteiger partial charge in [0.15, 0.2) is 0 Å². The van der Waals surface area contributed by atoms with Gasteiger partial charge in [0.2, 0.25) is 0 Å². The SMILES string of the molecule is CC/C=C\NCCS. The van der Waals surface area contributed by atoms with E-state index in [-0.39, 0.29) is 0 Å². The van der Waals surface area contributed by atoms with E-state index in [2.05, 4.69) is 30.9 Å². The van der Waals surface area contributed by atoms with Crippen molar-refractivity contribution in [2.24, 2.45) is 0 Å². The van der Waals surface area contributed by atoms with Crippen molar-refractivity contribution in [3.63, 3.8) is 0 Å². The maximum Gasteiger partial charge on any atom is 0.0229 e. The van der Waals surface area contributed by atoms with Crippen LogP contribution in [0.15, 0.2) is 12.3 Å². The van der Waals surface area contributed by atoms with E-state index in [0.717, 1.165) is 18.7 Å². The molecule has 0 rings (SSSR count). The van der Waals surface area contributed by atoms with Crippen molar-refractivity contribution in [1.82, 2.24) is 5.32 Å². The lowest BCUT2D eigenvalue weighted by atomic mass is 10.5. The number of hydrogen-bond acceptors (Lipinski definition) is 2. The third kappa shape index (κ3) is 5.89. The Kier molecular flexibility index (Phi) is 6.80. The Balaban J connectivity index is 2.80. The van der Waals surface area contributed by atoms with E-state index in [1.54, 1.807) is 0 Å². The average Bonchev–Trinajstić information content (AvgIpc) is 1.81. The zero-order valence-corrected chi connectivity index (χ0v) is 6.12. The highest BCUT2D eigenvalue weighted by molar-refractivity contribution is 7.80. The molecule has 48 valence electrons. The molecule has 1 N–H and O–H groups in total. The largest absolute Gasteiger partial charge is 0.390 e. The van der Waals surface area contributed by atoms with Gasteiger partial charge in [-0.05, 0) is 12.6 Å². The van der Waals surface area contributed by atoms with E-state index in [4.69, 9.17) is 0 Å².